The van der Waals surface area contributed by atoms with Crippen LogP contribution < -0.4 is 9.80 Å². The van der Waals surface area contributed by atoms with E-state index < -0.39 is 10.8 Å². The topological polar surface area (TPSA) is 19.6 Å². The van der Waals surface area contributed by atoms with Crippen LogP contribution in [0.1, 0.15) is 44.5 Å². The first kappa shape index (κ1) is 66.6. The average Bonchev–Trinajstić information content (AvgIpc) is 1.54. The second-order valence-electron chi connectivity index (χ2n) is 30.1. The highest BCUT2D eigenvalue weighted by atomic mass is 32.1. The van der Waals surface area contributed by atoms with Crippen LogP contribution >= 0.6 is 11.3 Å². The van der Waals surface area contributed by atoms with Gasteiger partial charge < -0.3 is 14.2 Å². The SMILES string of the molecule is c1ccc(-c2cccc(N(c3cccc(-c4cc(-c5ccc(-c6cccc(N(c7cccc(-c8ccc9oc%10ccccc%10c9c8)c7)c7ccc8c(c7)C(c7ccccc7)(c7ccccc7)c7ccccc7-8)c6)cc5)c5sc6ccccc6c5c4)c3)c3ccc4c(c3)C(c3ccccc3)(c3ccccc3)c3ccccc3-4)c2)cc1. The summed E-state index contributed by atoms with van der Waals surface area (Å²) in [5.41, 5.74) is 33.3. The van der Waals surface area contributed by atoms with E-state index in [1.54, 1.807) is 0 Å². The van der Waals surface area contributed by atoms with Gasteiger partial charge in [-0.15, -0.1) is 11.3 Å². The third-order valence-electron chi connectivity index (χ3n) is 24.0. The largest absolute Gasteiger partial charge is 0.456 e. The number of hydrogen-bond donors (Lipinski definition) is 0. The molecule has 18 aromatic carbocycles. The van der Waals surface area contributed by atoms with Crippen molar-refractivity contribution in [1.82, 2.24) is 0 Å². The Bertz CT molecular complexity index is 7030. The molecule has 2 heterocycles. The van der Waals surface area contributed by atoms with Crippen LogP contribution in [0.3, 0.4) is 0 Å². The van der Waals surface area contributed by atoms with E-state index in [0.717, 1.165) is 101 Å². The maximum atomic E-state index is 6.36. The lowest BCUT2D eigenvalue weighted by molar-refractivity contribution is 0.669. The summed E-state index contributed by atoms with van der Waals surface area (Å²) >= 11 is 1.88. The summed E-state index contributed by atoms with van der Waals surface area (Å²) < 4.78 is 8.89. The van der Waals surface area contributed by atoms with Crippen molar-refractivity contribution < 1.29 is 4.42 Å². The smallest absolute Gasteiger partial charge is 0.135 e. The minimum absolute atomic E-state index is 0.579. The second-order valence-corrected chi connectivity index (χ2v) is 31.2. The van der Waals surface area contributed by atoms with Crippen molar-refractivity contribution in [2.45, 2.75) is 10.8 Å². The van der Waals surface area contributed by atoms with Gasteiger partial charge in [0.2, 0.25) is 0 Å². The molecular formula is C110H72N2OS. The predicted molar refractivity (Wildman–Crippen MR) is 478 cm³/mol. The van der Waals surface area contributed by atoms with Gasteiger partial charge in [-0.25, -0.2) is 0 Å². The Morgan fingerprint density at radius 1 is 0.193 bits per heavy atom. The normalized spacial score (nSPS) is 12.9. The summed E-state index contributed by atoms with van der Waals surface area (Å²) in [6.45, 7) is 0. The molecular weight excluding hydrogens is 1400 g/mol. The van der Waals surface area contributed by atoms with E-state index in [0.29, 0.717) is 0 Å². The van der Waals surface area contributed by atoms with Gasteiger partial charge in [-0.3, -0.25) is 0 Å². The third-order valence-corrected chi connectivity index (χ3v) is 25.2. The summed E-state index contributed by atoms with van der Waals surface area (Å²) in [6.07, 6.45) is 0. The van der Waals surface area contributed by atoms with E-state index in [-0.39, 0.29) is 0 Å². The number of anilines is 6. The van der Waals surface area contributed by atoms with E-state index in [1.807, 2.05) is 17.4 Å². The van der Waals surface area contributed by atoms with Crippen LogP contribution in [-0.2, 0) is 10.8 Å². The molecule has 0 saturated heterocycles. The van der Waals surface area contributed by atoms with Crippen LogP contribution in [0, 0.1) is 0 Å². The van der Waals surface area contributed by atoms with Crippen LogP contribution in [0.2, 0.25) is 0 Å². The second kappa shape index (κ2) is 27.3. The summed E-state index contributed by atoms with van der Waals surface area (Å²) in [7, 11) is 0. The third kappa shape index (κ3) is 10.8. The molecule has 22 rings (SSSR count). The van der Waals surface area contributed by atoms with Crippen molar-refractivity contribution in [3.8, 4) is 77.9 Å². The Kier molecular flexibility index (Phi) is 15.9. The molecule has 0 radical (unpaired) electrons. The first-order valence-corrected chi connectivity index (χ1v) is 40.1. The van der Waals surface area contributed by atoms with Gasteiger partial charge in [0.1, 0.15) is 11.2 Å². The van der Waals surface area contributed by atoms with E-state index >= 15 is 0 Å². The fraction of sp³-hybridized carbons (Fsp3) is 0.0182. The molecule has 0 spiro atoms. The Labute approximate surface area is 667 Å². The zero-order valence-corrected chi connectivity index (χ0v) is 63.1. The van der Waals surface area contributed by atoms with Crippen molar-refractivity contribution in [2.75, 3.05) is 9.80 Å². The fourth-order valence-electron chi connectivity index (χ4n) is 18.9. The van der Waals surface area contributed by atoms with Crippen LogP contribution in [-0.4, -0.2) is 0 Å². The van der Waals surface area contributed by atoms with Crippen molar-refractivity contribution >= 4 is 87.6 Å². The molecule has 2 aromatic heterocycles. The van der Waals surface area contributed by atoms with E-state index in [9.17, 15) is 0 Å². The van der Waals surface area contributed by atoms with Gasteiger partial charge >= 0.3 is 0 Å². The highest BCUT2D eigenvalue weighted by Crippen LogP contribution is 2.60. The first-order chi connectivity index (χ1) is 56.5. The number of nitrogens with zero attached hydrogens (tertiary/aromatic N) is 2. The number of para-hydroxylation sites is 1. The zero-order chi connectivity index (χ0) is 75.3. The van der Waals surface area contributed by atoms with Gasteiger partial charge in [-0.1, -0.05) is 328 Å². The molecule has 114 heavy (non-hydrogen) atoms. The van der Waals surface area contributed by atoms with Crippen molar-refractivity contribution in [3.63, 3.8) is 0 Å². The van der Waals surface area contributed by atoms with E-state index in [1.165, 1.54) is 98.1 Å². The van der Waals surface area contributed by atoms with Crippen molar-refractivity contribution in [1.29, 1.82) is 0 Å². The first-order valence-electron chi connectivity index (χ1n) is 39.2. The molecule has 0 bridgehead atoms. The van der Waals surface area contributed by atoms with Gasteiger partial charge in [0.15, 0.2) is 0 Å². The van der Waals surface area contributed by atoms with Crippen LogP contribution in [0.5, 0.6) is 0 Å². The molecule has 0 amide bonds. The summed E-state index contributed by atoms with van der Waals surface area (Å²) in [5.74, 6) is 0. The summed E-state index contributed by atoms with van der Waals surface area (Å²) in [4.78, 5) is 4.94. The highest BCUT2D eigenvalue weighted by molar-refractivity contribution is 7.26. The van der Waals surface area contributed by atoms with Crippen LogP contribution in [0.4, 0.5) is 34.1 Å². The number of rotatable bonds is 15. The molecule has 20 aromatic rings. The van der Waals surface area contributed by atoms with Gasteiger partial charge in [0.05, 0.1) is 10.8 Å². The van der Waals surface area contributed by atoms with Crippen molar-refractivity contribution in [2.24, 2.45) is 0 Å². The Balaban J connectivity index is 0.671. The van der Waals surface area contributed by atoms with Crippen LogP contribution in [0.15, 0.2) is 441 Å². The number of hydrogen-bond acceptors (Lipinski definition) is 4. The van der Waals surface area contributed by atoms with E-state index in [4.69, 9.17) is 4.42 Å². The summed E-state index contributed by atoms with van der Waals surface area (Å²) in [5, 5.41) is 4.71. The quantitative estimate of drug-likeness (QED) is 0.102. The molecule has 534 valence electrons. The molecule has 0 N–H and O–H groups in total. The average molecular weight is 1470 g/mol. The molecule has 4 heteroatoms. The number of fused-ring (bicyclic) bond motifs is 12. The molecule has 0 atom stereocenters. The lowest BCUT2D eigenvalue weighted by atomic mass is 9.67. The van der Waals surface area contributed by atoms with Gasteiger partial charge in [0.25, 0.3) is 0 Å². The van der Waals surface area contributed by atoms with Gasteiger partial charge in [-0.05, 0) is 226 Å². The molecule has 0 saturated carbocycles. The Morgan fingerprint density at radius 3 is 1.05 bits per heavy atom. The summed E-state index contributed by atoms with van der Waals surface area (Å²) in [6, 6.07) is 162. The Morgan fingerprint density at radius 2 is 0.544 bits per heavy atom. The lowest BCUT2D eigenvalue weighted by Crippen LogP contribution is -2.28. The molecule has 0 unspecified atom stereocenters. The number of benzene rings is 18. The Hall–Kier alpha value is -14.4. The monoisotopic (exact) mass is 1470 g/mol. The van der Waals surface area contributed by atoms with Crippen molar-refractivity contribution in [3.05, 3.63) is 481 Å². The molecule has 2 aliphatic carbocycles. The lowest BCUT2D eigenvalue weighted by Gasteiger charge is -2.35. The molecule has 2 aliphatic rings. The standard InChI is InChI=1S/C110H72N2OS/c1-6-28-73(29-7-1)76-30-24-42-86(64-76)112(91-60-62-95-93-47-17-21-51-102(93)110(104(95)72-91,84-38-12-4-13-39-84)85-40-14-5-15-41-85)89-45-27-33-79(67-89)81-69-98(108-100(70-81)97-49-19-23-53-107(97)114-108)75-56-54-74(55-57-75)77-31-25-43-87(65-77)111(88-44-26-32-78(66-88)80-58-63-106-99(68-80)96-48-18-22-52-105(96)113-106)90-59-61-94-92-46-16-20-50-101(92)109(103(94)71-90,82-34-8-2-9-35-82)83-36-10-3-11-37-83/h1-72H. The minimum atomic E-state index is -0.592. The maximum Gasteiger partial charge on any atom is 0.135 e. The van der Waals surface area contributed by atoms with Crippen LogP contribution in [0.25, 0.3) is 120 Å². The number of furan rings is 1. The predicted octanol–water partition coefficient (Wildman–Crippen LogP) is 30.0. The van der Waals surface area contributed by atoms with Gasteiger partial charge in [-0.2, -0.15) is 0 Å². The zero-order valence-electron chi connectivity index (χ0n) is 62.3. The highest BCUT2D eigenvalue weighted by Gasteiger charge is 2.48. The van der Waals surface area contributed by atoms with E-state index in [2.05, 4.69) is 441 Å². The number of thiophene rings is 1. The fourth-order valence-corrected chi connectivity index (χ4v) is 20.1. The molecule has 0 aliphatic heterocycles. The minimum Gasteiger partial charge on any atom is -0.456 e. The molecule has 3 nitrogen and oxygen atoms in total. The van der Waals surface area contributed by atoms with Gasteiger partial charge in [0, 0.05) is 70.6 Å². The maximum absolute atomic E-state index is 6.36. The molecule has 0 fully saturated rings.